The smallest absolute Gasteiger partial charge is 0.252 e. The summed E-state index contributed by atoms with van der Waals surface area (Å²) in [5.41, 5.74) is 3.38. The van der Waals surface area contributed by atoms with Crippen LogP contribution in [-0.2, 0) is 0 Å². The summed E-state index contributed by atoms with van der Waals surface area (Å²) in [5, 5.41) is 3.18. The summed E-state index contributed by atoms with van der Waals surface area (Å²) in [7, 11) is 0. The number of aryl methyl sites for hydroxylation is 1. The molecule has 2 heteroatoms. The van der Waals surface area contributed by atoms with Gasteiger partial charge in [-0.15, -0.1) is 0 Å². The van der Waals surface area contributed by atoms with Crippen molar-refractivity contribution < 1.29 is 4.79 Å². The van der Waals surface area contributed by atoms with Gasteiger partial charge in [0, 0.05) is 5.56 Å². The average Bonchev–Trinajstić information content (AvgIpc) is 2.67. The molecule has 1 aromatic rings. The van der Waals surface area contributed by atoms with Gasteiger partial charge in [-0.05, 0) is 37.3 Å². The van der Waals surface area contributed by atoms with E-state index in [9.17, 15) is 4.79 Å². The van der Waals surface area contributed by atoms with Crippen LogP contribution < -0.4 is 5.32 Å². The second-order valence-corrected chi connectivity index (χ2v) is 5.44. The van der Waals surface area contributed by atoms with E-state index < -0.39 is 0 Å². The molecule has 0 spiro atoms. The number of fused-ring (bicyclic) bond motifs is 1. The average molecular weight is 229 g/mol. The van der Waals surface area contributed by atoms with Crippen LogP contribution in [0.25, 0.3) is 0 Å². The van der Waals surface area contributed by atoms with Crippen molar-refractivity contribution in [2.24, 2.45) is 5.92 Å². The lowest BCUT2D eigenvalue weighted by Crippen LogP contribution is -2.27. The Morgan fingerprint density at radius 3 is 2.71 bits per heavy atom. The Bertz CT molecular complexity index is 446. The van der Waals surface area contributed by atoms with Crippen molar-refractivity contribution in [1.29, 1.82) is 0 Å². The first-order valence-corrected chi connectivity index (χ1v) is 6.67. The minimum Gasteiger partial charge on any atom is -0.345 e. The van der Waals surface area contributed by atoms with E-state index in [0.29, 0.717) is 5.92 Å². The van der Waals surface area contributed by atoms with Crippen LogP contribution >= 0.6 is 0 Å². The molecule has 0 aromatic heterocycles. The molecule has 1 heterocycles. The first-order chi connectivity index (χ1) is 8.25. The number of hydrogen-bond acceptors (Lipinski definition) is 1. The fraction of sp³-hybridized carbons (Fsp3) is 0.533. The molecule has 1 aliphatic carbocycles. The minimum atomic E-state index is 0.121. The maximum Gasteiger partial charge on any atom is 0.252 e. The summed E-state index contributed by atoms with van der Waals surface area (Å²) in [4.78, 5) is 11.9. The molecule has 2 aliphatic rings. The van der Waals surface area contributed by atoms with Gasteiger partial charge in [0.05, 0.1) is 6.04 Å². The summed E-state index contributed by atoms with van der Waals surface area (Å²) in [5.74, 6) is 0.770. The standard InChI is InChI=1S/C15H19NO/c1-10-7-8-12-13(9-10)14(16-15(12)17)11-5-3-2-4-6-11/h7-9,11,14H,2-6H2,1H3,(H,16,17). The molecule has 0 radical (unpaired) electrons. The zero-order valence-electron chi connectivity index (χ0n) is 10.3. The summed E-state index contributed by atoms with van der Waals surface area (Å²) in [6, 6.07) is 6.47. The molecule has 90 valence electrons. The predicted molar refractivity (Wildman–Crippen MR) is 68.0 cm³/mol. The van der Waals surface area contributed by atoms with Gasteiger partial charge in [-0.1, -0.05) is 37.0 Å². The van der Waals surface area contributed by atoms with Crippen molar-refractivity contribution >= 4 is 5.91 Å². The van der Waals surface area contributed by atoms with Crippen molar-refractivity contribution in [2.45, 2.75) is 45.1 Å². The highest BCUT2D eigenvalue weighted by molar-refractivity contribution is 5.99. The van der Waals surface area contributed by atoms with E-state index in [0.717, 1.165) is 5.56 Å². The number of rotatable bonds is 1. The number of amides is 1. The normalized spacial score (nSPS) is 24.5. The Kier molecular flexibility index (Phi) is 2.65. The van der Waals surface area contributed by atoms with Gasteiger partial charge in [0.2, 0.25) is 0 Å². The SMILES string of the molecule is Cc1ccc2c(c1)C(C1CCCCC1)NC2=O. The van der Waals surface area contributed by atoms with Crippen LogP contribution in [0.1, 0.15) is 59.6 Å². The first-order valence-electron chi connectivity index (χ1n) is 6.67. The van der Waals surface area contributed by atoms with Gasteiger partial charge in [-0.25, -0.2) is 0 Å². The lowest BCUT2D eigenvalue weighted by molar-refractivity contribution is 0.0940. The van der Waals surface area contributed by atoms with Gasteiger partial charge in [0.25, 0.3) is 5.91 Å². The molecule has 1 unspecified atom stereocenters. The topological polar surface area (TPSA) is 29.1 Å². The zero-order valence-corrected chi connectivity index (χ0v) is 10.3. The number of benzene rings is 1. The molecule has 17 heavy (non-hydrogen) atoms. The molecule has 1 saturated carbocycles. The Balaban J connectivity index is 1.94. The van der Waals surface area contributed by atoms with Crippen LogP contribution in [0, 0.1) is 12.8 Å². The summed E-state index contributed by atoms with van der Waals surface area (Å²) >= 11 is 0. The molecule has 1 aliphatic heterocycles. The number of carbonyl (C=O) groups excluding carboxylic acids is 1. The van der Waals surface area contributed by atoms with Crippen LogP contribution in [0.3, 0.4) is 0 Å². The van der Waals surface area contributed by atoms with Crippen molar-refractivity contribution in [1.82, 2.24) is 5.32 Å². The fourth-order valence-corrected chi connectivity index (χ4v) is 3.28. The Hall–Kier alpha value is -1.31. The highest BCUT2D eigenvalue weighted by Crippen LogP contribution is 2.39. The van der Waals surface area contributed by atoms with Gasteiger partial charge in [0.15, 0.2) is 0 Å². The van der Waals surface area contributed by atoms with E-state index in [1.54, 1.807) is 0 Å². The maximum atomic E-state index is 11.9. The van der Waals surface area contributed by atoms with Crippen molar-refractivity contribution in [2.75, 3.05) is 0 Å². The lowest BCUT2D eigenvalue weighted by Gasteiger charge is -2.28. The van der Waals surface area contributed by atoms with Crippen molar-refractivity contribution in [3.8, 4) is 0 Å². The Morgan fingerprint density at radius 2 is 1.94 bits per heavy atom. The summed E-state index contributed by atoms with van der Waals surface area (Å²) in [6.07, 6.45) is 6.52. The number of hydrogen-bond donors (Lipinski definition) is 1. The van der Waals surface area contributed by atoms with Crippen LogP contribution in [0.2, 0.25) is 0 Å². The van der Waals surface area contributed by atoms with E-state index in [1.165, 1.54) is 43.2 Å². The molecule has 0 bridgehead atoms. The predicted octanol–water partition coefficient (Wildman–Crippen LogP) is 3.36. The molecule has 1 amide bonds. The van der Waals surface area contributed by atoms with Crippen LogP contribution in [-0.4, -0.2) is 5.91 Å². The summed E-state index contributed by atoms with van der Waals surface area (Å²) < 4.78 is 0. The molecule has 0 saturated heterocycles. The molecular weight excluding hydrogens is 210 g/mol. The van der Waals surface area contributed by atoms with E-state index in [-0.39, 0.29) is 11.9 Å². The number of nitrogens with one attached hydrogen (secondary N) is 1. The number of carbonyl (C=O) groups is 1. The Labute approximate surface area is 102 Å². The van der Waals surface area contributed by atoms with Gasteiger partial charge in [0.1, 0.15) is 0 Å². The van der Waals surface area contributed by atoms with Gasteiger partial charge >= 0.3 is 0 Å². The van der Waals surface area contributed by atoms with Gasteiger partial charge in [-0.2, -0.15) is 0 Å². The minimum absolute atomic E-state index is 0.121. The zero-order chi connectivity index (χ0) is 11.8. The second kappa shape index (κ2) is 4.17. The third-order valence-electron chi connectivity index (χ3n) is 4.19. The third kappa shape index (κ3) is 1.86. The van der Waals surface area contributed by atoms with Gasteiger partial charge < -0.3 is 5.32 Å². The molecule has 1 aromatic carbocycles. The quantitative estimate of drug-likeness (QED) is 0.786. The summed E-state index contributed by atoms with van der Waals surface area (Å²) in [6.45, 7) is 2.10. The van der Waals surface area contributed by atoms with E-state index >= 15 is 0 Å². The molecule has 1 N–H and O–H groups in total. The van der Waals surface area contributed by atoms with Crippen LogP contribution in [0.4, 0.5) is 0 Å². The van der Waals surface area contributed by atoms with Crippen LogP contribution in [0.5, 0.6) is 0 Å². The molecule has 3 rings (SSSR count). The lowest BCUT2D eigenvalue weighted by atomic mass is 9.81. The van der Waals surface area contributed by atoms with Crippen molar-refractivity contribution in [3.63, 3.8) is 0 Å². The molecular formula is C15H19NO. The van der Waals surface area contributed by atoms with Gasteiger partial charge in [-0.3, -0.25) is 4.79 Å². The molecule has 1 atom stereocenters. The molecule has 2 nitrogen and oxygen atoms in total. The highest BCUT2D eigenvalue weighted by Gasteiger charge is 2.34. The monoisotopic (exact) mass is 229 g/mol. The fourth-order valence-electron chi connectivity index (χ4n) is 3.28. The van der Waals surface area contributed by atoms with Crippen LogP contribution in [0.15, 0.2) is 18.2 Å². The third-order valence-corrected chi connectivity index (χ3v) is 4.19. The van der Waals surface area contributed by atoms with Crippen molar-refractivity contribution in [3.05, 3.63) is 34.9 Å². The Morgan fingerprint density at radius 1 is 1.18 bits per heavy atom. The highest BCUT2D eigenvalue weighted by atomic mass is 16.2. The van der Waals surface area contributed by atoms with E-state index in [4.69, 9.17) is 0 Å². The first kappa shape index (κ1) is 10.8. The van der Waals surface area contributed by atoms with E-state index in [1.807, 2.05) is 12.1 Å². The maximum absolute atomic E-state index is 11.9. The van der Waals surface area contributed by atoms with E-state index in [2.05, 4.69) is 18.3 Å². The second-order valence-electron chi connectivity index (χ2n) is 5.44. The molecule has 1 fully saturated rings. The largest absolute Gasteiger partial charge is 0.345 e.